The number of ether oxygens (including phenoxy) is 1. The minimum Gasteiger partial charge on any atom is -0.497 e. The van der Waals surface area contributed by atoms with Gasteiger partial charge in [-0.25, -0.2) is 0 Å². The third-order valence-corrected chi connectivity index (χ3v) is 4.58. The molecule has 1 fully saturated rings. The van der Waals surface area contributed by atoms with Crippen LogP contribution < -0.4 is 4.74 Å². The zero-order chi connectivity index (χ0) is 16.9. The highest BCUT2D eigenvalue weighted by Crippen LogP contribution is 2.26. The molecule has 1 saturated heterocycles. The SMILES string of the molecule is COc1ccc([C@H]2CN(C(=O)Cc3cccnc3)CCN2C)cc1. The molecule has 2 heterocycles. The highest BCUT2D eigenvalue weighted by Gasteiger charge is 2.28. The van der Waals surface area contributed by atoms with Gasteiger partial charge in [-0.15, -0.1) is 0 Å². The highest BCUT2D eigenvalue weighted by atomic mass is 16.5. The number of rotatable bonds is 4. The minimum absolute atomic E-state index is 0.162. The van der Waals surface area contributed by atoms with Crippen molar-refractivity contribution in [3.63, 3.8) is 0 Å². The van der Waals surface area contributed by atoms with E-state index >= 15 is 0 Å². The molecule has 1 aromatic heterocycles. The molecular weight excluding hydrogens is 302 g/mol. The molecule has 1 aromatic carbocycles. The predicted molar refractivity (Wildman–Crippen MR) is 92.9 cm³/mol. The fraction of sp³-hybridized carbons (Fsp3) is 0.368. The number of nitrogens with zero attached hydrogens (tertiary/aromatic N) is 3. The smallest absolute Gasteiger partial charge is 0.227 e. The van der Waals surface area contributed by atoms with Crippen molar-refractivity contribution in [2.24, 2.45) is 0 Å². The maximum Gasteiger partial charge on any atom is 0.227 e. The van der Waals surface area contributed by atoms with E-state index in [-0.39, 0.29) is 11.9 Å². The number of pyridine rings is 1. The number of amides is 1. The number of benzene rings is 1. The number of hydrogen-bond donors (Lipinski definition) is 0. The second-order valence-corrected chi connectivity index (χ2v) is 6.15. The molecule has 24 heavy (non-hydrogen) atoms. The molecule has 126 valence electrons. The number of carbonyl (C=O) groups is 1. The Bertz CT molecular complexity index is 673. The zero-order valence-corrected chi connectivity index (χ0v) is 14.2. The lowest BCUT2D eigenvalue weighted by Crippen LogP contribution is -2.49. The first-order chi connectivity index (χ1) is 11.7. The second-order valence-electron chi connectivity index (χ2n) is 6.15. The molecule has 1 atom stereocenters. The number of likely N-dealkylation sites (N-methyl/N-ethyl adjacent to an activating group) is 1. The number of carbonyl (C=O) groups excluding carboxylic acids is 1. The Labute approximate surface area is 142 Å². The van der Waals surface area contributed by atoms with E-state index in [1.165, 1.54) is 5.56 Å². The summed E-state index contributed by atoms with van der Waals surface area (Å²) < 4.78 is 5.23. The standard InChI is InChI=1S/C19H23N3O2/c1-21-10-11-22(19(23)12-15-4-3-9-20-13-15)14-18(21)16-5-7-17(24-2)8-6-16/h3-9,13,18H,10-12,14H2,1-2H3/t18-/m1/s1. The monoisotopic (exact) mass is 325 g/mol. The first-order valence-corrected chi connectivity index (χ1v) is 8.18. The van der Waals surface area contributed by atoms with Crippen LogP contribution in [0.5, 0.6) is 5.75 Å². The van der Waals surface area contributed by atoms with Gasteiger partial charge in [0.2, 0.25) is 5.91 Å². The van der Waals surface area contributed by atoms with Crippen molar-refractivity contribution < 1.29 is 9.53 Å². The molecule has 3 rings (SSSR count). The van der Waals surface area contributed by atoms with Gasteiger partial charge in [0.15, 0.2) is 0 Å². The van der Waals surface area contributed by atoms with Gasteiger partial charge in [0, 0.05) is 32.0 Å². The van der Waals surface area contributed by atoms with Gasteiger partial charge in [-0.1, -0.05) is 18.2 Å². The first-order valence-electron chi connectivity index (χ1n) is 8.18. The summed E-state index contributed by atoms with van der Waals surface area (Å²) in [5.74, 6) is 1.01. The Balaban J connectivity index is 1.69. The van der Waals surface area contributed by atoms with Crippen LogP contribution in [0.2, 0.25) is 0 Å². The van der Waals surface area contributed by atoms with E-state index in [0.29, 0.717) is 13.0 Å². The third kappa shape index (κ3) is 3.74. The molecule has 1 aliphatic rings. The third-order valence-electron chi connectivity index (χ3n) is 4.58. The van der Waals surface area contributed by atoms with Gasteiger partial charge in [0.1, 0.15) is 5.75 Å². The van der Waals surface area contributed by atoms with Crippen molar-refractivity contribution in [1.82, 2.24) is 14.8 Å². The number of aromatic nitrogens is 1. The van der Waals surface area contributed by atoms with Gasteiger partial charge in [0.25, 0.3) is 0 Å². The van der Waals surface area contributed by atoms with Crippen molar-refractivity contribution >= 4 is 5.91 Å². The van der Waals surface area contributed by atoms with Crippen LogP contribution in [0.3, 0.4) is 0 Å². The second kappa shape index (κ2) is 7.45. The summed E-state index contributed by atoms with van der Waals surface area (Å²) in [6, 6.07) is 12.1. The maximum atomic E-state index is 12.6. The lowest BCUT2D eigenvalue weighted by molar-refractivity contribution is -0.133. The van der Waals surface area contributed by atoms with Crippen molar-refractivity contribution in [3.8, 4) is 5.75 Å². The fourth-order valence-corrected chi connectivity index (χ4v) is 3.08. The summed E-state index contributed by atoms with van der Waals surface area (Å²) in [4.78, 5) is 21.0. The van der Waals surface area contributed by atoms with Crippen LogP contribution in [0.25, 0.3) is 0 Å². The van der Waals surface area contributed by atoms with Gasteiger partial charge in [-0.3, -0.25) is 14.7 Å². The van der Waals surface area contributed by atoms with Crippen molar-refractivity contribution in [1.29, 1.82) is 0 Å². The molecule has 0 saturated carbocycles. The van der Waals surface area contributed by atoms with Crippen LogP contribution in [-0.2, 0) is 11.2 Å². The summed E-state index contributed by atoms with van der Waals surface area (Å²) in [5, 5.41) is 0. The van der Waals surface area contributed by atoms with Gasteiger partial charge >= 0.3 is 0 Å². The average molecular weight is 325 g/mol. The van der Waals surface area contributed by atoms with Gasteiger partial charge in [0.05, 0.1) is 19.6 Å². The van der Waals surface area contributed by atoms with E-state index in [4.69, 9.17) is 4.74 Å². The number of hydrogen-bond acceptors (Lipinski definition) is 4. The summed E-state index contributed by atoms with van der Waals surface area (Å²) in [7, 11) is 3.78. The number of piperazine rings is 1. The molecule has 1 amide bonds. The average Bonchev–Trinajstić information content (AvgIpc) is 2.63. The fourth-order valence-electron chi connectivity index (χ4n) is 3.08. The summed E-state index contributed by atoms with van der Waals surface area (Å²) in [6.45, 7) is 2.35. The van der Waals surface area contributed by atoms with Crippen LogP contribution in [0.4, 0.5) is 0 Å². The molecule has 0 bridgehead atoms. The van der Waals surface area contributed by atoms with Crippen LogP contribution >= 0.6 is 0 Å². The van der Waals surface area contributed by atoms with E-state index in [9.17, 15) is 4.79 Å². The molecular formula is C19H23N3O2. The lowest BCUT2D eigenvalue weighted by Gasteiger charge is -2.39. The molecule has 1 aliphatic heterocycles. The Morgan fingerprint density at radius 2 is 2.04 bits per heavy atom. The predicted octanol–water partition coefficient (Wildman–Crippen LogP) is 2.15. The van der Waals surface area contributed by atoms with Crippen LogP contribution in [0.15, 0.2) is 48.8 Å². The van der Waals surface area contributed by atoms with Crippen LogP contribution in [0.1, 0.15) is 17.2 Å². The quantitative estimate of drug-likeness (QED) is 0.864. The van der Waals surface area contributed by atoms with Crippen LogP contribution in [-0.4, -0.2) is 54.5 Å². The summed E-state index contributed by atoms with van der Waals surface area (Å²) in [5.41, 5.74) is 2.17. The van der Waals surface area contributed by atoms with E-state index in [2.05, 4.69) is 29.1 Å². The molecule has 0 radical (unpaired) electrons. The Morgan fingerprint density at radius 3 is 2.71 bits per heavy atom. The normalized spacial score (nSPS) is 18.4. The van der Waals surface area contributed by atoms with Crippen molar-refractivity contribution in [3.05, 3.63) is 59.9 Å². The van der Waals surface area contributed by atoms with E-state index in [0.717, 1.165) is 24.4 Å². The lowest BCUT2D eigenvalue weighted by atomic mass is 10.0. The van der Waals surface area contributed by atoms with Crippen molar-refractivity contribution in [2.45, 2.75) is 12.5 Å². The van der Waals surface area contributed by atoms with E-state index in [1.54, 1.807) is 19.5 Å². The molecule has 0 aliphatic carbocycles. The maximum absolute atomic E-state index is 12.6. The molecule has 5 heteroatoms. The largest absolute Gasteiger partial charge is 0.497 e. The highest BCUT2D eigenvalue weighted by molar-refractivity contribution is 5.78. The summed E-state index contributed by atoms with van der Waals surface area (Å²) in [6.07, 6.45) is 3.89. The van der Waals surface area contributed by atoms with Crippen molar-refractivity contribution in [2.75, 3.05) is 33.8 Å². The minimum atomic E-state index is 0.162. The molecule has 0 spiro atoms. The van der Waals surface area contributed by atoms with Gasteiger partial charge in [-0.05, 0) is 36.4 Å². The molecule has 0 N–H and O–H groups in total. The molecule has 2 aromatic rings. The van der Waals surface area contributed by atoms with E-state index < -0.39 is 0 Å². The summed E-state index contributed by atoms with van der Waals surface area (Å²) >= 11 is 0. The Morgan fingerprint density at radius 1 is 1.25 bits per heavy atom. The van der Waals surface area contributed by atoms with E-state index in [1.807, 2.05) is 29.2 Å². The Kier molecular flexibility index (Phi) is 5.11. The molecule has 5 nitrogen and oxygen atoms in total. The first kappa shape index (κ1) is 16.5. The zero-order valence-electron chi connectivity index (χ0n) is 14.2. The topological polar surface area (TPSA) is 45.7 Å². The molecule has 0 unspecified atom stereocenters. The van der Waals surface area contributed by atoms with Gasteiger partial charge < -0.3 is 9.64 Å². The Hall–Kier alpha value is -2.40. The van der Waals surface area contributed by atoms with Crippen LogP contribution in [0, 0.1) is 0 Å². The van der Waals surface area contributed by atoms with Gasteiger partial charge in [-0.2, -0.15) is 0 Å². The number of methoxy groups -OCH3 is 1.